The molecule has 0 aliphatic carbocycles. The molecule has 97 heavy (non-hydrogen) atoms. The number of aromatic hydroxyl groups is 2. The summed E-state index contributed by atoms with van der Waals surface area (Å²) in [5.74, 6) is 1.69. The van der Waals surface area contributed by atoms with Crippen LogP contribution in [-0.4, -0.2) is 32.6 Å². The Bertz CT molecular complexity index is 4220. The summed E-state index contributed by atoms with van der Waals surface area (Å²) in [6.45, 7) is 59.5. The Kier molecular flexibility index (Phi) is 19.3. The predicted octanol–water partition coefficient (Wildman–Crippen LogP) is 26.6. The van der Waals surface area contributed by atoms with Crippen molar-refractivity contribution in [1.29, 1.82) is 0 Å². The highest BCUT2D eigenvalue weighted by molar-refractivity contribution is 6.31. The Morgan fingerprint density at radius 2 is 0.629 bits per heavy atom. The van der Waals surface area contributed by atoms with Crippen molar-refractivity contribution >= 4 is 66.8 Å². The van der Waals surface area contributed by atoms with Crippen LogP contribution in [0.4, 0.5) is 0 Å². The van der Waals surface area contributed by atoms with E-state index in [1.807, 2.05) is 24.3 Å². The van der Waals surface area contributed by atoms with Crippen LogP contribution in [0.15, 0.2) is 121 Å². The van der Waals surface area contributed by atoms with Crippen molar-refractivity contribution in [3.8, 4) is 56.6 Å². The molecule has 0 saturated carbocycles. The zero-order chi connectivity index (χ0) is 71.6. The van der Waals surface area contributed by atoms with Crippen LogP contribution in [0.1, 0.15) is 256 Å². The number of nitrogens with zero attached hydrogens (tertiary/aromatic N) is 2. The van der Waals surface area contributed by atoms with Gasteiger partial charge in [0.25, 0.3) is 0 Å². The van der Waals surface area contributed by atoms with E-state index >= 15 is 0 Å². The van der Waals surface area contributed by atoms with Crippen molar-refractivity contribution in [2.45, 2.75) is 244 Å². The number of phenols is 2. The molecule has 0 bridgehead atoms. The smallest absolute Gasteiger partial charge is 0.147 e. The molecular formula is C89H112Cl2N2O4. The molecule has 0 aliphatic heterocycles. The second-order valence-electron chi connectivity index (χ2n) is 36.7. The number of benzene rings is 8. The molecule has 2 aromatic heterocycles. The number of hydrogen-bond donors (Lipinski definition) is 2. The van der Waals surface area contributed by atoms with Crippen LogP contribution in [0, 0.1) is 10.8 Å². The molecule has 10 rings (SSSR count). The number of hydrogen-bond acceptors (Lipinski definition) is 4. The van der Waals surface area contributed by atoms with Crippen LogP contribution in [0.3, 0.4) is 0 Å². The first-order valence-corrected chi connectivity index (χ1v) is 36.3. The number of aromatic nitrogens is 2. The van der Waals surface area contributed by atoms with Gasteiger partial charge in [0.05, 0.1) is 46.7 Å². The van der Waals surface area contributed by atoms with Gasteiger partial charge in [-0.05, 0) is 210 Å². The monoisotopic (exact) mass is 1340 g/mol. The van der Waals surface area contributed by atoms with Crippen molar-refractivity contribution in [2.24, 2.45) is 10.8 Å². The van der Waals surface area contributed by atoms with Gasteiger partial charge >= 0.3 is 0 Å². The number of phenolic OH excluding ortho intramolecular Hbond substituents is 2. The maximum atomic E-state index is 13.4. The molecule has 6 nitrogen and oxygen atoms in total. The van der Waals surface area contributed by atoms with E-state index < -0.39 is 0 Å². The van der Waals surface area contributed by atoms with Gasteiger partial charge < -0.3 is 28.8 Å². The minimum atomic E-state index is -0.319. The van der Waals surface area contributed by atoms with Gasteiger partial charge in [-0.2, -0.15) is 0 Å². The van der Waals surface area contributed by atoms with Crippen LogP contribution in [-0.2, 0) is 32.5 Å². The van der Waals surface area contributed by atoms with Gasteiger partial charge in [-0.15, -0.1) is 0 Å². The summed E-state index contributed by atoms with van der Waals surface area (Å²) in [7, 11) is 0. The molecule has 0 amide bonds. The molecule has 2 N–H and O–H groups in total. The molecule has 0 radical (unpaired) electrons. The van der Waals surface area contributed by atoms with Crippen LogP contribution in [0.2, 0.25) is 10.0 Å². The summed E-state index contributed by atoms with van der Waals surface area (Å²) < 4.78 is 18.9. The molecule has 0 saturated heterocycles. The fourth-order valence-corrected chi connectivity index (χ4v) is 15.7. The molecule has 8 aromatic carbocycles. The third kappa shape index (κ3) is 14.9. The Hall–Kier alpha value is -6.86. The molecule has 0 atom stereocenters. The Labute approximate surface area is 592 Å². The second-order valence-corrected chi connectivity index (χ2v) is 37.6. The summed E-state index contributed by atoms with van der Waals surface area (Å²) in [6, 6.07) is 44.1. The van der Waals surface area contributed by atoms with Gasteiger partial charge in [-0.1, -0.05) is 227 Å². The van der Waals surface area contributed by atoms with Crippen molar-refractivity contribution in [3.63, 3.8) is 0 Å². The highest BCUT2D eigenvalue weighted by Gasteiger charge is 2.35. The van der Waals surface area contributed by atoms with Crippen LogP contribution in [0.25, 0.3) is 77.2 Å². The van der Waals surface area contributed by atoms with Gasteiger partial charge in [0.1, 0.15) is 23.0 Å². The molecule has 0 unspecified atom stereocenters. The summed E-state index contributed by atoms with van der Waals surface area (Å²) >= 11 is 14.5. The largest absolute Gasteiger partial charge is 0.505 e. The molecule has 0 fully saturated rings. The second kappa shape index (κ2) is 25.7. The van der Waals surface area contributed by atoms with E-state index in [1.54, 1.807) is 0 Å². The van der Waals surface area contributed by atoms with Crippen LogP contribution >= 0.6 is 23.2 Å². The lowest BCUT2D eigenvalue weighted by atomic mass is 9.71. The van der Waals surface area contributed by atoms with E-state index in [-0.39, 0.29) is 66.7 Å². The summed E-state index contributed by atoms with van der Waals surface area (Å²) in [4.78, 5) is 0. The maximum absolute atomic E-state index is 13.4. The lowest BCUT2D eigenvalue weighted by Gasteiger charge is -2.34. The van der Waals surface area contributed by atoms with Gasteiger partial charge in [0, 0.05) is 60.3 Å². The number of fused-ring (bicyclic) bond motifs is 6. The zero-order valence-electron chi connectivity index (χ0n) is 63.6. The summed E-state index contributed by atoms with van der Waals surface area (Å²) in [5, 5.41) is 32.5. The molecular weight excluding hydrogens is 1230 g/mol. The fraction of sp³-hybridized carbons (Fsp3) is 0.461. The average molecular weight is 1340 g/mol. The molecule has 2 heterocycles. The van der Waals surface area contributed by atoms with E-state index in [4.69, 9.17) is 32.7 Å². The Morgan fingerprint density at radius 3 is 0.876 bits per heavy atom. The normalized spacial score (nSPS) is 13.4. The fourth-order valence-electron chi connectivity index (χ4n) is 15.3. The quantitative estimate of drug-likeness (QED) is 0.0946. The first kappa shape index (κ1) is 72.9. The SMILES string of the molecule is CC(C)c1cc(Cl)cc(-c2cc(C(C)(C)CC(C)(C)C)cc(-n3c4ccc(C(C)(C)C)cc4c4cc(C(C)(C)C)ccc43)c2O)c1OCCCOc1c(-c2cc(C(C)(C)CC(C)(C)C)cc(-n3c4ccc(C(C)(C)C)cc4c4cc(C(C)(C)C)ccc43)c2O)cc(Cl)cc1C(C)C. The minimum Gasteiger partial charge on any atom is -0.505 e. The minimum absolute atomic E-state index is 0.000966. The van der Waals surface area contributed by atoms with Crippen molar-refractivity contribution < 1.29 is 19.7 Å². The zero-order valence-corrected chi connectivity index (χ0v) is 65.1. The standard InChI is InChI=1S/C89H112Cl2N2O4/c1-52(2)62-46-60(90)48-70(68-42-58(88(23,24)50-82(5,6)7)44-76(78(68)94)92-72-32-28-54(84(11,12)13)38-64(72)65-39-55(85(14,15)16)29-33-73(65)92)80(62)96-36-27-37-97-81-63(53(3)4)47-61(91)49-71(81)69-43-59(89(25,26)51-83(8,9)10)45-77(79(69)95)93-74-34-30-56(86(17,18)19)40-66(74)67-41-57(87(20,21)22)31-35-75(67)93/h28-35,38-49,52-53,94-95H,27,36-37,50-51H2,1-26H3. The predicted molar refractivity (Wildman–Crippen MR) is 419 cm³/mol. The summed E-state index contributed by atoms with van der Waals surface area (Å²) in [6.07, 6.45) is 2.29. The van der Waals surface area contributed by atoms with E-state index in [2.05, 4.69) is 286 Å². The van der Waals surface area contributed by atoms with Crippen molar-refractivity contribution in [3.05, 3.63) is 176 Å². The highest BCUT2D eigenvalue weighted by atomic mass is 35.5. The van der Waals surface area contributed by atoms with Gasteiger partial charge in [0.15, 0.2) is 0 Å². The van der Waals surface area contributed by atoms with Crippen molar-refractivity contribution in [1.82, 2.24) is 9.13 Å². The molecule has 516 valence electrons. The third-order valence-corrected chi connectivity index (χ3v) is 20.4. The van der Waals surface area contributed by atoms with E-state index in [0.717, 1.165) is 89.8 Å². The van der Waals surface area contributed by atoms with E-state index in [0.29, 0.717) is 63.7 Å². The Morgan fingerprint density at radius 1 is 0.351 bits per heavy atom. The van der Waals surface area contributed by atoms with Gasteiger partial charge in [-0.3, -0.25) is 0 Å². The number of ether oxygens (including phenoxy) is 2. The summed E-state index contributed by atoms with van der Waals surface area (Å²) in [5.41, 5.74) is 16.4. The van der Waals surface area contributed by atoms with Gasteiger partial charge in [-0.25, -0.2) is 0 Å². The van der Waals surface area contributed by atoms with Crippen molar-refractivity contribution in [2.75, 3.05) is 13.2 Å². The van der Waals surface area contributed by atoms with Crippen LogP contribution in [0.5, 0.6) is 23.0 Å². The lowest BCUT2D eigenvalue weighted by molar-refractivity contribution is 0.245. The first-order chi connectivity index (χ1) is 44.6. The Balaban J connectivity index is 1.10. The number of rotatable bonds is 16. The first-order valence-electron chi connectivity index (χ1n) is 35.5. The van der Waals surface area contributed by atoms with E-state index in [9.17, 15) is 10.2 Å². The third-order valence-electron chi connectivity index (χ3n) is 19.9. The molecule has 10 aromatic rings. The topological polar surface area (TPSA) is 68.8 Å². The highest BCUT2D eigenvalue weighted by Crippen LogP contribution is 2.53. The molecule has 0 aliphatic rings. The number of halogens is 2. The van der Waals surface area contributed by atoms with Gasteiger partial charge in [0.2, 0.25) is 0 Å². The molecule has 0 spiro atoms. The maximum Gasteiger partial charge on any atom is 0.147 e. The average Bonchev–Trinajstić information content (AvgIpc) is 1.62. The lowest BCUT2D eigenvalue weighted by Crippen LogP contribution is -2.25. The molecule has 8 heteroatoms. The van der Waals surface area contributed by atoms with Crippen LogP contribution < -0.4 is 9.47 Å². The van der Waals surface area contributed by atoms with E-state index in [1.165, 1.54) is 22.3 Å².